The predicted molar refractivity (Wildman–Crippen MR) is 66.2 cm³/mol. The summed E-state index contributed by atoms with van der Waals surface area (Å²) in [5.74, 6) is 0. The van der Waals surface area contributed by atoms with Gasteiger partial charge in [-0.15, -0.1) is 0 Å². The Hall–Kier alpha value is 12.8. The van der Waals surface area contributed by atoms with Crippen LogP contribution >= 0.6 is 0 Å². The Kier molecular flexibility index (Phi) is 345. The first kappa shape index (κ1) is 153. The van der Waals surface area contributed by atoms with Gasteiger partial charge in [-0.3, -0.25) is 0 Å². The Bertz CT molecular complexity index is 1140. The van der Waals surface area contributed by atoms with Gasteiger partial charge in [-0.2, -0.15) is 0 Å². The average molecular weight is 2700 g/mol. The molecule has 6 radical (unpaired) electrons. The van der Waals surface area contributed by atoms with Crippen molar-refractivity contribution in [2.75, 3.05) is 0 Å². The quantitative estimate of drug-likeness (QED) is 0.203. The molecule has 0 aliphatic heterocycles. The zero-order valence-electron chi connectivity index (χ0n) is 29.1. The predicted octanol–water partition coefficient (Wildman–Crippen LogP) is -30.9. The van der Waals surface area contributed by atoms with Gasteiger partial charge in [-0.25, -0.2) is 0 Å². The minimum atomic E-state index is -4.20. The van der Waals surface area contributed by atoms with E-state index >= 15 is 0 Å². The van der Waals surface area contributed by atoms with Gasteiger partial charge >= 0.3 is 636 Å². The van der Waals surface area contributed by atoms with E-state index in [1.807, 2.05) is 0 Å². The Morgan fingerprint density at radius 2 is 0.200 bits per heavy atom. The molecule has 0 rings (SSSR count). The molecule has 0 saturated carbocycles. The van der Waals surface area contributed by atoms with Crippen molar-refractivity contribution in [3.05, 3.63) is 0 Å². The van der Waals surface area contributed by atoms with Crippen LogP contribution in [0.15, 0.2) is 0 Å². The molecular formula is In3Mg3Nb7O42Pb3Ti7. The minimum absolute atomic E-state index is 0. The Balaban J connectivity index is -0.0000000138. The van der Waals surface area contributed by atoms with Crippen LogP contribution < -0.4 is 76.9 Å². The molecule has 0 bridgehead atoms. The minimum Gasteiger partial charge on any atom is 2.00 e. The molecule has 65 heteroatoms. The molecule has 0 spiro atoms. The van der Waals surface area contributed by atoms with Gasteiger partial charge in [0.1, 0.15) is 0 Å². The fraction of sp³-hybridized carbons (Fsp3) is 0. The van der Waals surface area contributed by atoms with Crippen molar-refractivity contribution < 1.29 is 408 Å². The molecule has 0 aliphatic rings. The van der Waals surface area contributed by atoms with Gasteiger partial charge in [0, 0.05) is 0 Å². The van der Waals surface area contributed by atoms with Crippen LogP contribution in [0.2, 0.25) is 0 Å². The standard InChI is InChI=1S/3In.3Mg.7Nb.42O.3Pb.7Ti/q3*+3;3*+2;;;;;;;;;;;;;;;;;;;;;;;;;;;;;21*-1;3*+2;;;;;;;. The molecule has 65 heavy (non-hydrogen) atoms. The summed E-state index contributed by atoms with van der Waals surface area (Å²) in [4.78, 5) is 0. The molecule has 42 nitrogen and oxygen atoms in total. The molecule has 0 saturated heterocycles. The van der Waals surface area contributed by atoms with Gasteiger partial charge in [0.15, 0.2) is 0 Å². The van der Waals surface area contributed by atoms with E-state index in [0.717, 1.165) is 0 Å². The molecule has 0 atom stereocenters. The van der Waals surface area contributed by atoms with Gasteiger partial charge in [0.25, 0.3) is 0 Å². The maximum atomic E-state index is 8.60. The van der Waals surface area contributed by atoms with Crippen molar-refractivity contribution in [1.29, 1.82) is 0 Å². The molecule has 0 aromatic rings. The van der Waals surface area contributed by atoms with E-state index in [4.69, 9.17) is 146 Å². The van der Waals surface area contributed by atoms with Crippen molar-refractivity contribution >= 4 is 229 Å². The fourth-order valence-electron chi connectivity index (χ4n) is 0. The molecule has 0 aromatic heterocycles. The molecule has 0 aliphatic carbocycles. The first-order valence-corrected chi connectivity index (χ1v) is 40.4. The third-order valence-electron chi connectivity index (χ3n) is 0. The van der Waals surface area contributed by atoms with Crippen molar-refractivity contribution in [2.45, 2.75) is 0 Å². The van der Waals surface area contributed by atoms with E-state index in [1.165, 1.54) is 0 Å². The molecule has 342 valence electrons. The summed E-state index contributed by atoms with van der Waals surface area (Å²) in [5, 5.41) is 0. The van der Waals surface area contributed by atoms with E-state index in [1.54, 1.807) is 0 Å². The number of hydrogen-bond donors (Lipinski definition) is 0. The second-order valence-corrected chi connectivity index (χ2v) is 16.5. The third-order valence-corrected chi connectivity index (χ3v) is 0. The second-order valence-electron chi connectivity index (χ2n) is 3.32. The largest absolute Gasteiger partial charge is 2.00 e. The summed E-state index contributed by atoms with van der Waals surface area (Å²) in [5.41, 5.74) is 0. The topological polar surface area (TPSA) is 843 Å². The van der Waals surface area contributed by atoms with Crippen LogP contribution in [0.1, 0.15) is 0 Å². The first-order valence-electron chi connectivity index (χ1n) is 8.12. The van der Waals surface area contributed by atoms with Crippen LogP contribution in [0.3, 0.4) is 0 Å². The summed E-state index contributed by atoms with van der Waals surface area (Å²) in [6, 6.07) is 0. The first-order chi connectivity index (χ1) is 24.2. The molecule has 0 aromatic carbocycles. The van der Waals surface area contributed by atoms with Crippen LogP contribution in [0.5, 0.6) is 0 Å². The SMILES string of the molecule is [In+3].[In+3].[In+3].[Mg+2].[Mg+2].[Mg+2].[O]=[Nb](=[O])[O-].[O]=[Nb](=[O])[O-].[O]=[Nb](=[O])[O-].[O]=[Nb](=[O])[O-].[O]=[Nb](=[O])[O-].[O]=[Nb](=[O])[O-].[O]=[Nb](=[O])[O-].[O]=[Ti]([O-])[O-].[O]=[Ti]([O-])[O-].[O]=[Ti]([O-])[O-].[O]=[Ti]([O-])[O-].[O]=[Ti]([O-])[O-].[O]=[Ti]([O-])[O-].[O]=[Ti]([O-])[O-].[Pb+2].[Pb+2].[Pb+2]. The smallest absolute Gasteiger partial charge is 2.00 e. The maximum Gasteiger partial charge on any atom is 2.00 e. The van der Waals surface area contributed by atoms with Crippen LogP contribution in [0.4, 0.5) is 0 Å². The molecule has 0 N–H and O–H groups in total. The van der Waals surface area contributed by atoms with Gasteiger partial charge in [0.2, 0.25) is 0 Å². The second kappa shape index (κ2) is 147. The van der Waals surface area contributed by atoms with Gasteiger partial charge in [-0.1, -0.05) is 0 Å². The molecule has 0 heterocycles. The summed E-state index contributed by atoms with van der Waals surface area (Å²) >= 11 is -58.0. The van der Waals surface area contributed by atoms with Crippen LogP contribution in [-0.4, -0.2) is 229 Å². The van der Waals surface area contributed by atoms with E-state index < -0.39 is 262 Å². The summed E-state index contributed by atoms with van der Waals surface area (Å²) < 4.78 is 361. The third kappa shape index (κ3) is 2620. The Morgan fingerprint density at radius 3 is 0.200 bits per heavy atom. The van der Waals surface area contributed by atoms with Gasteiger partial charge in [0.05, 0.1) is 0 Å². The van der Waals surface area contributed by atoms with Crippen LogP contribution in [-0.2, 0) is 331 Å². The maximum absolute atomic E-state index is 8.60. The van der Waals surface area contributed by atoms with Crippen molar-refractivity contribution in [3.63, 3.8) is 0 Å². The van der Waals surface area contributed by atoms with E-state index in [2.05, 4.69) is 0 Å². The Labute approximate surface area is 619 Å². The fourth-order valence-corrected chi connectivity index (χ4v) is 0. The van der Waals surface area contributed by atoms with E-state index in [0.29, 0.717) is 0 Å². The van der Waals surface area contributed by atoms with Gasteiger partial charge in [-0.05, 0) is 0 Å². The van der Waals surface area contributed by atoms with E-state index in [-0.39, 0.29) is 229 Å². The normalized spacial score (nSPS) is 5.49. The zero-order valence-corrected chi connectivity index (χ0v) is 81.2. The Morgan fingerprint density at radius 1 is 0.200 bits per heavy atom. The summed E-state index contributed by atoms with van der Waals surface area (Å²) in [6.07, 6.45) is 0. The molecule has 0 unspecified atom stereocenters. The molecule has 0 amide bonds. The molecule has 0 fully saturated rings. The van der Waals surface area contributed by atoms with Crippen molar-refractivity contribution in [1.82, 2.24) is 0 Å². The van der Waals surface area contributed by atoms with E-state index in [9.17, 15) is 0 Å². The number of rotatable bonds is 0. The van der Waals surface area contributed by atoms with Crippen molar-refractivity contribution in [2.24, 2.45) is 0 Å². The van der Waals surface area contributed by atoms with Gasteiger partial charge < -0.3 is 0 Å². The summed E-state index contributed by atoms with van der Waals surface area (Å²) in [7, 11) is 0. The summed E-state index contributed by atoms with van der Waals surface area (Å²) in [6.45, 7) is 0. The molecular weight excluding hydrogens is 2700 g/mol. The zero-order chi connectivity index (χ0) is 50.1. The van der Waals surface area contributed by atoms with Crippen LogP contribution in [0.25, 0.3) is 0 Å². The monoisotopic (exact) mass is 2700 g/mol. The average Bonchev–Trinajstić information content (AvgIpc) is 2.73. The van der Waals surface area contributed by atoms with Crippen molar-refractivity contribution in [3.8, 4) is 0 Å². The number of hydrogen-bond acceptors (Lipinski definition) is 42. The van der Waals surface area contributed by atoms with Crippen LogP contribution in [0, 0.1) is 0 Å².